The maximum Gasteiger partial charge on any atom is 0.242 e. The Morgan fingerprint density at radius 3 is 2.23 bits per heavy atom. The molecule has 5 nitrogen and oxygen atoms in total. The Labute approximate surface area is 78.3 Å². The fourth-order valence-electron chi connectivity index (χ4n) is 0.858. The highest BCUT2D eigenvalue weighted by Crippen LogP contribution is 2.01. The van der Waals surface area contributed by atoms with Crippen LogP contribution < -0.4 is 11.1 Å². The van der Waals surface area contributed by atoms with E-state index in [1.54, 1.807) is 20.9 Å². The quantitative estimate of drug-likeness (QED) is 0.590. The Morgan fingerprint density at radius 2 is 1.92 bits per heavy atom. The van der Waals surface area contributed by atoms with E-state index in [2.05, 4.69) is 5.32 Å². The molecule has 0 aromatic carbocycles. The second-order valence-electron chi connectivity index (χ2n) is 3.56. The molecule has 0 aromatic rings. The summed E-state index contributed by atoms with van der Waals surface area (Å²) in [5, 5.41) is 2.43. The van der Waals surface area contributed by atoms with E-state index in [1.165, 1.54) is 11.9 Å². The van der Waals surface area contributed by atoms with Gasteiger partial charge in [-0.25, -0.2) is 0 Å². The van der Waals surface area contributed by atoms with E-state index in [1.807, 2.05) is 0 Å². The lowest BCUT2D eigenvalue weighted by atomic mass is 10.1. The molecule has 5 heteroatoms. The molecule has 0 aliphatic rings. The fraction of sp³-hybridized carbons (Fsp3) is 0.750. The fourth-order valence-corrected chi connectivity index (χ4v) is 0.858. The summed E-state index contributed by atoms with van der Waals surface area (Å²) >= 11 is 0. The number of hydrogen-bond donors (Lipinski definition) is 2. The molecule has 0 saturated carbocycles. The molecule has 3 N–H and O–H groups in total. The summed E-state index contributed by atoms with van der Waals surface area (Å²) < 4.78 is 0. The molecule has 0 fully saturated rings. The molecular formula is C8H17N3O2. The number of amides is 2. The van der Waals surface area contributed by atoms with Crippen LogP contribution in [0, 0.1) is 0 Å². The summed E-state index contributed by atoms with van der Waals surface area (Å²) in [6.07, 6.45) is 0. The van der Waals surface area contributed by atoms with Crippen LogP contribution in [0.4, 0.5) is 0 Å². The third-order valence-corrected chi connectivity index (χ3v) is 1.56. The minimum atomic E-state index is -0.928. The minimum absolute atomic E-state index is 0.0377. The summed E-state index contributed by atoms with van der Waals surface area (Å²) in [6, 6.07) is 0. The van der Waals surface area contributed by atoms with Crippen molar-refractivity contribution in [2.45, 2.75) is 19.4 Å². The van der Waals surface area contributed by atoms with Gasteiger partial charge in [-0.1, -0.05) is 0 Å². The topological polar surface area (TPSA) is 75.4 Å². The summed E-state index contributed by atoms with van der Waals surface area (Å²) in [5.41, 5.74) is 4.65. The zero-order valence-electron chi connectivity index (χ0n) is 8.55. The Morgan fingerprint density at radius 1 is 1.46 bits per heavy atom. The highest BCUT2D eigenvalue weighted by atomic mass is 16.2. The normalized spacial score (nSPS) is 10.8. The lowest BCUT2D eigenvalue weighted by molar-refractivity contribution is -0.138. The first-order chi connectivity index (χ1) is 5.79. The number of rotatable bonds is 3. The van der Waals surface area contributed by atoms with Crippen molar-refractivity contribution in [3.05, 3.63) is 0 Å². The Kier molecular flexibility index (Phi) is 3.87. The van der Waals surface area contributed by atoms with Crippen molar-refractivity contribution < 1.29 is 9.59 Å². The van der Waals surface area contributed by atoms with Crippen LogP contribution in [0.25, 0.3) is 0 Å². The van der Waals surface area contributed by atoms with Gasteiger partial charge in [-0.2, -0.15) is 0 Å². The summed E-state index contributed by atoms with van der Waals surface area (Å²) in [7, 11) is 3.07. The molecule has 2 amide bonds. The predicted octanol–water partition coefficient (Wildman–Crippen LogP) is -1.07. The molecule has 0 rings (SSSR count). The third-order valence-electron chi connectivity index (χ3n) is 1.56. The zero-order valence-corrected chi connectivity index (χ0v) is 8.55. The van der Waals surface area contributed by atoms with Gasteiger partial charge < -0.3 is 16.0 Å². The number of carbonyl (C=O) groups is 2. The molecule has 13 heavy (non-hydrogen) atoms. The molecular weight excluding hydrogens is 170 g/mol. The van der Waals surface area contributed by atoms with Crippen molar-refractivity contribution in [2.75, 3.05) is 20.6 Å². The smallest absolute Gasteiger partial charge is 0.242 e. The molecule has 0 bridgehead atoms. The SMILES string of the molecule is CNC(=O)CN(C)C(=O)C(C)(C)N. The van der Waals surface area contributed by atoms with E-state index in [0.717, 1.165) is 0 Å². The summed E-state index contributed by atoms with van der Waals surface area (Å²) in [6.45, 7) is 3.25. The van der Waals surface area contributed by atoms with Crippen LogP contribution in [0.3, 0.4) is 0 Å². The van der Waals surface area contributed by atoms with Gasteiger partial charge in [0.2, 0.25) is 11.8 Å². The lowest BCUT2D eigenvalue weighted by Crippen LogP contribution is -2.51. The van der Waals surface area contributed by atoms with Gasteiger partial charge in [-0.15, -0.1) is 0 Å². The summed E-state index contributed by atoms with van der Waals surface area (Å²) in [5.74, 6) is -0.462. The summed E-state index contributed by atoms with van der Waals surface area (Å²) in [4.78, 5) is 23.6. The molecule has 0 radical (unpaired) electrons. The molecule has 0 aliphatic heterocycles. The molecule has 76 valence electrons. The van der Waals surface area contributed by atoms with Gasteiger partial charge in [-0.3, -0.25) is 9.59 Å². The van der Waals surface area contributed by atoms with Crippen molar-refractivity contribution >= 4 is 11.8 Å². The minimum Gasteiger partial charge on any atom is -0.358 e. The van der Waals surface area contributed by atoms with Crippen molar-refractivity contribution in [3.63, 3.8) is 0 Å². The first kappa shape index (κ1) is 11.9. The zero-order chi connectivity index (χ0) is 10.6. The van der Waals surface area contributed by atoms with Crippen molar-refractivity contribution in [3.8, 4) is 0 Å². The van der Waals surface area contributed by atoms with Gasteiger partial charge in [-0.05, 0) is 13.8 Å². The van der Waals surface area contributed by atoms with Gasteiger partial charge in [0, 0.05) is 14.1 Å². The largest absolute Gasteiger partial charge is 0.358 e. The van der Waals surface area contributed by atoms with Crippen LogP contribution in [0.5, 0.6) is 0 Å². The lowest BCUT2D eigenvalue weighted by Gasteiger charge is -2.24. The molecule has 0 unspecified atom stereocenters. The van der Waals surface area contributed by atoms with Crippen molar-refractivity contribution in [2.24, 2.45) is 5.73 Å². The van der Waals surface area contributed by atoms with Crippen molar-refractivity contribution in [1.29, 1.82) is 0 Å². The van der Waals surface area contributed by atoms with Crippen LogP contribution in [-0.2, 0) is 9.59 Å². The highest BCUT2D eigenvalue weighted by molar-refractivity contribution is 5.89. The van der Waals surface area contributed by atoms with Crippen LogP contribution in [-0.4, -0.2) is 42.9 Å². The Bertz CT molecular complexity index is 208. The van der Waals surface area contributed by atoms with Gasteiger partial charge in [0.05, 0.1) is 12.1 Å². The molecule has 0 aliphatic carbocycles. The number of likely N-dealkylation sites (N-methyl/N-ethyl adjacent to an activating group) is 2. The van der Waals surface area contributed by atoms with Crippen LogP contribution in [0.1, 0.15) is 13.8 Å². The van der Waals surface area contributed by atoms with Gasteiger partial charge in [0.25, 0.3) is 0 Å². The van der Waals surface area contributed by atoms with E-state index >= 15 is 0 Å². The number of hydrogen-bond acceptors (Lipinski definition) is 3. The predicted molar refractivity (Wildman–Crippen MR) is 50.0 cm³/mol. The average Bonchev–Trinajstić information content (AvgIpc) is 2.01. The highest BCUT2D eigenvalue weighted by Gasteiger charge is 2.26. The van der Waals surface area contributed by atoms with E-state index in [9.17, 15) is 9.59 Å². The van der Waals surface area contributed by atoms with Crippen LogP contribution >= 0.6 is 0 Å². The first-order valence-corrected chi connectivity index (χ1v) is 4.04. The van der Waals surface area contributed by atoms with Crippen LogP contribution in [0.2, 0.25) is 0 Å². The molecule has 0 atom stereocenters. The maximum atomic E-state index is 11.4. The third kappa shape index (κ3) is 3.89. The van der Waals surface area contributed by atoms with Gasteiger partial charge >= 0.3 is 0 Å². The molecule has 0 aromatic heterocycles. The van der Waals surface area contributed by atoms with Crippen molar-refractivity contribution in [1.82, 2.24) is 10.2 Å². The number of carbonyl (C=O) groups excluding carboxylic acids is 2. The Balaban J connectivity index is 4.20. The van der Waals surface area contributed by atoms with E-state index < -0.39 is 5.54 Å². The standard InChI is InChI=1S/C8H17N3O2/c1-8(2,9)7(13)11(4)5-6(12)10-3/h5,9H2,1-4H3,(H,10,12). The Hall–Kier alpha value is -1.10. The van der Waals surface area contributed by atoms with Gasteiger partial charge in [0.1, 0.15) is 0 Å². The molecule has 0 saturated heterocycles. The average molecular weight is 187 g/mol. The second kappa shape index (κ2) is 4.23. The maximum absolute atomic E-state index is 11.4. The van der Waals surface area contributed by atoms with E-state index in [0.29, 0.717) is 0 Å². The van der Waals surface area contributed by atoms with Gasteiger partial charge in [0.15, 0.2) is 0 Å². The van der Waals surface area contributed by atoms with E-state index in [4.69, 9.17) is 5.73 Å². The number of nitrogens with one attached hydrogen (secondary N) is 1. The second-order valence-corrected chi connectivity index (χ2v) is 3.56. The van der Waals surface area contributed by atoms with E-state index in [-0.39, 0.29) is 18.4 Å². The molecule has 0 heterocycles. The molecule has 0 spiro atoms. The first-order valence-electron chi connectivity index (χ1n) is 4.04. The number of nitrogens with two attached hydrogens (primary N) is 1. The number of nitrogens with zero attached hydrogens (tertiary/aromatic N) is 1. The monoisotopic (exact) mass is 187 g/mol. The van der Waals surface area contributed by atoms with Crippen LogP contribution in [0.15, 0.2) is 0 Å².